The first-order valence-corrected chi connectivity index (χ1v) is 7.17. The number of hydrogen-bond donors (Lipinski definition) is 0. The fraction of sp³-hybridized carbons (Fsp3) is 0.429. The molecule has 0 bridgehead atoms. The molecule has 0 radical (unpaired) electrons. The Labute approximate surface area is 108 Å². The maximum absolute atomic E-state index is 5.36. The third-order valence-corrected chi connectivity index (χ3v) is 3.74. The van der Waals surface area contributed by atoms with Crippen LogP contribution in [0.1, 0.15) is 12.5 Å². The van der Waals surface area contributed by atoms with Crippen molar-refractivity contribution in [1.82, 2.24) is 4.90 Å². The van der Waals surface area contributed by atoms with Crippen molar-refractivity contribution in [1.29, 1.82) is 0 Å². The highest BCUT2D eigenvalue weighted by Crippen LogP contribution is 2.17. The number of thioether (sulfide) groups is 1. The Morgan fingerprint density at radius 1 is 1.24 bits per heavy atom. The lowest BCUT2D eigenvalue weighted by atomic mass is 10.2. The summed E-state index contributed by atoms with van der Waals surface area (Å²) in [7, 11) is 0. The van der Waals surface area contributed by atoms with Crippen LogP contribution in [-0.4, -0.2) is 37.5 Å². The van der Waals surface area contributed by atoms with Gasteiger partial charge < -0.3 is 9.64 Å². The van der Waals surface area contributed by atoms with E-state index in [9.17, 15) is 0 Å². The van der Waals surface area contributed by atoms with Crippen molar-refractivity contribution < 1.29 is 4.74 Å². The average Bonchev–Trinajstić information content (AvgIpc) is 2.40. The van der Waals surface area contributed by atoms with Gasteiger partial charge in [-0.15, -0.1) is 11.8 Å². The van der Waals surface area contributed by atoms with Gasteiger partial charge in [0.05, 0.1) is 13.2 Å². The predicted octanol–water partition coefficient (Wildman–Crippen LogP) is 3.10. The number of rotatable bonds is 3. The molecule has 0 aromatic heterocycles. The van der Waals surface area contributed by atoms with E-state index in [-0.39, 0.29) is 0 Å². The highest BCUT2D eigenvalue weighted by molar-refractivity contribution is 7.98. The van der Waals surface area contributed by atoms with Crippen molar-refractivity contribution in [2.24, 2.45) is 0 Å². The lowest BCUT2D eigenvalue weighted by Crippen LogP contribution is -2.34. The minimum Gasteiger partial charge on any atom is -0.378 e. The van der Waals surface area contributed by atoms with Crippen LogP contribution < -0.4 is 0 Å². The molecule has 1 aromatic carbocycles. The molecule has 0 unspecified atom stereocenters. The number of nitrogens with zero attached hydrogens (tertiary/aromatic N) is 1. The van der Waals surface area contributed by atoms with Crippen LogP contribution in [-0.2, 0) is 4.74 Å². The summed E-state index contributed by atoms with van der Waals surface area (Å²) in [6.07, 6.45) is 4.35. The SMILES string of the molecule is CSc1ccc(/C=C(\C)N2CCOCC2)cc1. The molecule has 2 rings (SSSR count). The molecule has 0 aliphatic carbocycles. The zero-order valence-electron chi connectivity index (χ0n) is 10.5. The molecule has 1 aliphatic heterocycles. The van der Waals surface area contributed by atoms with Gasteiger partial charge in [0.1, 0.15) is 0 Å². The summed E-state index contributed by atoms with van der Waals surface area (Å²) in [6, 6.07) is 8.69. The molecular formula is C14H19NOS. The van der Waals surface area contributed by atoms with E-state index in [2.05, 4.69) is 48.4 Å². The molecule has 92 valence electrons. The summed E-state index contributed by atoms with van der Waals surface area (Å²) in [4.78, 5) is 3.69. The Morgan fingerprint density at radius 2 is 1.88 bits per heavy atom. The van der Waals surface area contributed by atoms with Gasteiger partial charge in [-0.2, -0.15) is 0 Å². The molecule has 0 amide bonds. The van der Waals surface area contributed by atoms with Gasteiger partial charge in [0.2, 0.25) is 0 Å². The van der Waals surface area contributed by atoms with Crippen LogP contribution >= 0.6 is 11.8 Å². The molecule has 1 fully saturated rings. The van der Waals surface area contributed by atoms with E-state index in [0.717, 1.165) is 26.3 Å². The summed E-state index contributed by atoms with van der Waals surface area (Å²) in [5.74, 6) is 0. The lowest BCUT2D eigenvalue weighted by molar-refractivity contribution is 0.0542. The summed E-state index contributed by atoms with van der Waals surface area (Å²) >= 11 is 1.78. The maximum Gasteiger partial charge on any atom is 0.0642 e. The van der Waals surface area contributed by atoms with Gasteiger partial charge >= 0.3 is 0 Å². The molecule has 0 saturated carbocycles. The molecule has 1 heterocycles. The first-order chi connectivity index (χ1) is 8.29. The van der Waals surface area contributed by atoms with E-state index in [1.165, 1.54) is 16.2 Å². The standard InChI is InChI=1S/C14H19NOS/c1-12(15-7-9-16-10-8-15)11-13-3-5-14(17-2)6-4-13/h3-6,11H,7-10H2,1-2H3/b12-11+. The second-order valence-corrected chi connectivity index (χ2v) is 5.04. The number of benzene rings is 1. The van der Waals surface area contributed by atoms with Gasteiger partial charge in [0.25, 0.3) is 0 Å². The van der Waals surface area contributed by atoms with Crippen molar-refractivity contribution in [2.45, 2.75) is 11.8 Å². The normalized spacial score (nSPS) is 17.3. The first-order valence-electron chi connectivity index (χ1n) is 5.94. The van der Waals surface area contributed by atoms with Crippen LogP contribution in [0, 0.1) is 0 Å². The van der Waals surface area contributed by atoms with Crippen molar-refractivity contribution in [3.63, 3.8) is 0 Å². The summed E-state index contributed by atoms with van der Waals surface area (Å²) in [6.45, 7) is 5.87. The molecule has 0 N–H and O–H groups in total. The summed E-state index contributed by atoms with van der Waals surface area (Å²) in [5.41, 5.74) is 2.59. The van der Waals surface area contributed by atoms with E-state index in [1.54, 1.807) is 11.8 Å². The van der Waals surface area contributed by atoms with Crippen LogP contribution in [0.25, 0.3) is 6.08 Å². The van der Waals surface area contributed by atoms with Gasteiger partial charge in [-0.05, 0) is 37.0 Å². The van der Waals surface area contributed by atoms with E-state index < -0.39 is 0 Å². The third kappa shape index (κ3) is 3.51. The average molecular weight is 249 g/mol. The first kappa shape index (κ1) is 12.5. The van der Waals surface area contributed by atoms with Crippen molar-refractivity contribution in [3.05, 3.63) is 35.5 Å². The van der Waals surface area contributed by atoms with Crippen molar-refractivity contribution in [3.8, 4) is 0 Å². The van der Waals surface area contributed by atoms with Gasteiger partial charge in [-0.25, -0.2) is 0 Å². The van der Waals surface area contributed by atoms with Crippen molar-refractivity contribution >= 4 is 17.8 Å². The molecule has 0 spiro atoms. The molecule has 2 nitrogen and oxygen atoms in total. The number of ether oxygens (including phenoxy) is 1. The van der Waals surface area contributed by atoms with Gasteiger partial charge in [-0.1, -0.05) is 12.1 Å². The second kappa shape index (κ2) is 6.12. The Hall–Kier alpha value is -0.930. The van der Waals surface area contributed by atoms with Crippen LogP contribution in [0.5, 0.6) is 0 Å². The molecule has 1 aliphatic rings. The highest BCUT2D eigenvalue weighted by atomic mass is 32.2. The topological polar surface area (TPSA) is 12.5 Å². The van der Waals surface area contributed by atoms with E-state index >= 15 is 0 Å². The van der Waals surface area contributed by atoms with Crippen molar-refractivity contribution in [2.75, 3.05) is 32.6 Å². The Kier molecular flexibility index (Phi) is 4.51. The van der Waals surface area contributed by atoms with Crippen LogP contribution in [0.15, 0.2) is 34.9 Å². The van der Waals surface area contributed by atoms with Gasteiger partial charge in [-0.3, -0.25) is 0 Å². The smallest absolute Gasteiger partial charge is 0.0642 e. The minimum atomic E-state index is 0.844. The van der Waals surface area contributed by atoms with E-state index in [4.69, 9.17) is 4.74 Å². The maximum atomic E-state index is 5.36. The number of morpholine rings is 1. The molecule has 1 aromatic rings. The Bertz CT molecular complexity index is 380. The lowest BCUT2D eigenvalue weighted by Gasteiger charge is -2.29. The summed E-state index contributed by atoms with van der Waals surface area (Å²) < 4.78 is 5.36. The minimum absolute atomic E-state index is 0.844. The predicted molar refractivity (Wildman–Crippen MR) is 74.3 cm³/mol. The largest absolute Gasteiger partial charge is 0.378 e. The molecule has 1 saturated heterocycles. The quantitative estimate of drug-likeness (QED) is 0.764. The number of hydrogen-bond acceptors (Lipinski definition) is 3. The number of allylic oxidation sites excluding steroid dienone is 1. The zero-order chi connectivity index (χ0) is 12.1. The summed E-state index contributed by atoms with van der Waals surface area (Å²) in [5, 5.41) is 0. The van der Waals surface area contributed by atoms with Crippen LogP contribution in [0.4, 0.5) is 0 Å². The van der Waals surface area contributed by atoms with Gasteiger partial charge in [0, 0.05) is 23.7 Å². The Morgan fingerprint density at radius 3 is 2.47 bits per heavy atom. The fourth-order valence-corrected chi connectivity index (χ4v) is 2.36. The fourth-order valence-electron chi connectivity index (χ4n) is 1.95. The van der Waals surface area contributed by atoms with Gasteiger partial charge in [0.15, 0.2) is 0 Å². The molecule has 17 heavy (non-hydrogen) atoms. The Balaban J connectivity index is 2.05. The second-order valence-electron chi connectivity index (χ2n) is 4.16. The highest BCUT2D eigenvalue weighted by Gasteiger charge is 2.09. The van der Waals surface area contributed by atoms with E-state index in [1.807, 2.05) is 0 Å². The monoisotopic (exact) mass is 249 g/mol. The van der Waals surface area contributed by atoms with E-state index in [0.29, 0.717) is 0 Å². The van der Waals surface area contributed by atoms with Crippen LogP contribution in [0.2, 0.25) is 0 Å². The molecule has 3 heteroatoms. The molecule has 0 atom stereocenters. The molecular weight excluding hydrogens is 230 g/mol. The zero-order valence-corrected chi connectivity index (χ0v) is 11.3. The van der Waals surface area contributed by atoms with Crippen LogP contribution in [0.3, 0.4) is 0 Å². The third-order valence-electron chi connectivity index (χ3n) is 3.00.